The highest BCUT2D eigenvalue weighted by atomic mass is 16.5. The molecule has 0 aliphatic heterocycles. The summed E-state index contributed by atoms with van der Waals surface area (Å²) in [4.78, 5) is 14.6. The van der Waals surface area contributed by atoms with Crippen molar-refractivity contribution in [2.75, 3.05) is 18.4 Å². The van der Waals surface area contributed by atoms with Crippen LogP contribution >= 0.6 is 0 Å². The van der Waals surface area contributed by atoms with Gasteiger partial charge >= 0.3 is 0 Å². The second-order valence-corrected chi connectivity index (χ2v) is 11.0. The fourth-order valence-corrected chi connectivity index (χ4v) is 4.60. The number of unbranched alkanes of at least 4 members (excludes halogenated alkanes) is 2. The number of carbonyl (C=O) groups is 1. The molecule has 0 aliphatic carbocycles. The highest BCUT2D eigenvalue weighted by Crippen LogP contribution is 2.19. The summed E-state index contributed by atoms with van der Waals surface area (Å²) in [6.45, 7) is 32.5. The molecule has 0 aliphatic rings. The summed E-state index contributed by atoms with van der Waals surface area (Å²) >= 11 is 0. The number of allylic oxidation sites excluding steroid dienone is 1. The summed E-state index contributed by atoms with van der Waals surface area (Å²) in [6, 6.07) is 8.09. The third kappa shape index (κ3) is 12.6. The van der Waals surface area contributed by atoms with E-state index >= 15 is 0 Å². The summed E-state index contributed by atoms with van der Waals surface area (Å²) in [5.74, 6) is 0.916. The van der Waals surface area contributed by atoms with Crippen LogP contribution in [-0.2, 0) is 16.1 Å². The van der Waals surface area contributed by atoms with Crippen molar-refractivity contribution in [1.82, 2.24) is 15.5 Å². The molecule has 0 saturated heterocycles. The molecule has 0 heterocycles. The van der Waals surface area contributed by atoms with Crippen molar-refractivity contribution < 1.29 is 9.53 Å². The highest BCUT2D eigenvalue weighted by Gasteiger charge is 2.24. The molecular weight excluding hydrogens is 496 g/mol. The first-order valence-corrected chi connectivity index (χ1v) is 14.6. The zero-order chi connectivity index (χ0) is 30.1. The van der Waals surface area contributed by atoms with Crippen LogP contribution in [0.15, 0.2) is 86.7 Å². The Morgan fingerprint density at radius 3 is 2.20 bits per heavy atom. The summed E-state index contributed by atoms with van der Waals surface area (Å²) in [6.07, 6.45) is 7.84. The molecule has 2 unspecified atom stereocenters. The van der Waals surface area contributed by atoms with Crippen molar-refractivity contribution in [3.05, 3.63) is 92.3 Å². The van der Waals surface area contributed by atoms with E-state index in [-0.39, 0.29) is 17.9 Å². The van der Waals surface area contributed by atoms with E-state index < -0.39 is 0 Å². The minimum Gasteiger partial charge on any atom is -0.497 e. The molecule has 0 fully saturated rings. The zero-order valence-corrected chi connectivity index (χ0v) is 25.7. The van der Waals surface area contributed by atoms with Gasteiger partial charge in [0.2, 0.25) is 5.91 Å². The average Bonchev–Trinajstić information content (AvgIpc) is 2.91. The number of carbonyl (C=O) groups excluding carboxylic acids is 1. The quantitative estimate of drug-likeness (QED) is 0.102. The van der Waals surface area contributed by atoms with Gasteiger partial charge in [-0.3, -0.25) is 4.79 Å². The van der Waals surface area contributed by atoms with Crippen molar-refractivity contribution in [3.8, 4) is 0 Å². The van der Waals surface area contributed by atoms with E-state index in [0.717, 1.165) is 60.4 Å². The van der Waals surface area contributed by atoms with E-state index in [1.54, 1.807) is 11.1 Å². The predicted molar refractivity (Wildman–Crippen MR) is 171 cm³/mol. The van der Waals surface area contributed by atoms with Gasteiger partial charge in [0.25, 0.3) is 0 Å². The van der Waals surface area contributed by atoms with Crippen molar-refractivity contribution in [2.45, 2.75) is 79.4 Å². The second kappa shape index (κ2) is 18.8. The summed E-state index contributed by atoms with van der Waals surface area (Å²) in [5, 5.41) is 10.3. The van der Waals surface area contributed by atoms with Gasteiger partial charge in [-0.05, 0) is 61.4 Å². The molecule has 1 rings (SSSR count). The Balaban J connectivity index is 2.44. The first-order valence-electron chi connectivity index (χ1n) is 14.6. The van der Waals surface area contributed by atoms with Crippen LogP contribution in [0.1, 0.15) is 72.3 Å². The Morgan fingerprint density at radius 1 is 0.975 bits per heavy atom. The molecule has 0 spiro atoms. The number of rotatable bonds is 22. The molecule has 1 aromatic carbocycles. The number of nitrogens with one attached hydrogen (secondary N) is 3. The van der Waals surface area contributed by atoms with Gasteiger partial charge in [-0.1, -0.05) is 86.1 Å². The van der Waals surface area contributed by atoms with Crippen molar-refractivity contribution >= 4 is 11.6 Å². The Morgan fingerprint density at radius 2 is 1.65 bits per heavy atom. The molecule has 6 heteroatoms. The molecule has 0 bridgehead atoms. The van der Waals surface area contributed by atoms with Gasteiger partial charge in [0, 0.05) is 35.2 Å². The topological polar surface area (TPSA) is 65.6 Å². The van der Waals surface area contributed by atoms with Gasteiger partial charge < -0.3 is 25.6 Å². The van der Waals surface area contributed by atoms with E-state index in [1.165, 1.54) is 6.26 Å². The lowest BCUT2D eigenvalue weighted by molar-refractivity contribution is -0.134. The summed E-state index contributed by atoms with van der Waals surface area (Å²) in [5.41, 5.74) is 4.81. The fraction of sp³-hybridized carbons (Fsp3) is 0.500. The van der Waals surface area contributed by atoms with E-state index in [2.05, 4.69) is 83.5 Å². The SMILES string of the molecule is C=COCc1ccc(NC(=C)CNC(=C)C(NC(=C)CCCCCN(C=C)C(=O)C(CC)C(C)C)C(C)C)cc1. The first kappa shape index (κ1) is 34.6. The monoisotopic (exact) mass is 550 g/mol. The minimum atomic E-state index is 0.0547. The number of ether oxygens (including phenoxy) is 1. The Hall–Kier alpha value is -3.41. The number of anilines is 1. The van der Waals surface area contributed by atoms with Crippen LogP contribution in [0, 0.1) is 17.8 Å². The molecule has 0 aromatic heterocycles. The maximum Gasteiger partial charge on any atom is 0.229 e. The van der Waals surface area contributed by atoms with Gasteiger partial charge in [-0.15, -0.1) is 0 Å². The highest BCUT2D eigenvalue weighted by molar-refractivity contribution is 5.79. The fourth-order valence-electron chi connectivity index (χ4n) is 4.60. The standard InChI is InChI=1S/C34H54N4O2/c1-11-32(25(4)5)34(39)38(12-2)22-16-14-15-17-27(8)37-33(26(6)7)29(10)35-23-28(9)36-31-20-18-30(19-21-31)24-40-13-3/h12-13,18-21,25-26,32-33,35-37H,2-3,8-11,14-17,22-24H2,1,4-7H3. The van der Waals surface area contributed by atoms with Gasteiger partial charge in [-0.2, -0.15) is 0 Å². The number of nitrogens with zero attached hydrogens (tertiary/aromatic N) is 1. The molecule has 2 atom stereocenters. The van der Waals surface area contributed by atoms with Crippen LogP contribution < -0.4 is 16.0 Å². The number of hydrogen-bond donors (Lipinski definition) is 3. The summed E-state index contributed by atoms with van der Waals surface area (Å²) in [7, 11) is 0. The van der Waals surface area contributed by atoms with Gasteiger partial charge in [0.05, 0.1) is 18.8 Å². The summed E-state index contributed by atoms with van der Waals surface area (Å²) < 4.78 is 5.22. The van der Waals surface area contributed by atoms with Crippen LogP contribution in [0.4, 0.5) is 5.69 Å². The molecule has 6 nitrogen and oxygen atoms in total. The molecule has 0 radical (unpaired) electrons. The van der Waals surface area contributed by atoms with Gasteiger partial charge in [0.15, 0.2) is 0 Å². The third-order valence-electron chi connectivity index (χ3n) is 7.02. The first-order chi connectivity index (χ1) is 19.0. The lowest BCUT2D eigenvalue weighted by Crippen LogP contribution is -2.40. The van der Waals surface area contributed by atoms with Crippen LogP contribution in [0.2, 0.25) is 0 Å². The molecule has 40 heavy (non-hydrogen) atoms. The van der Waals surface area contributed by atoms with Gasteiger partial charge in [0.1, 0.15) is 6.61 Å². The maximum atomic E-state index is 12.8. The maximum absolute atomic E-state index is 12.8. The molecular formula is C34H54N4O2. The molecule has 222 valence electrons. The third-order valence-corrected chi connectivity index (χ3v) is 7.02. The van der Waals surface area contributed by atoms with Crippen LogP contribution in [0.3, 0.4) is 0 Å². The number of benzene rings is 1. The van der Waals surface area contributed by atoms with Crippen LogP contribution in [-0.4, -0.2) is 29.9 Å². The van der Waals surface area contributed by atoms with Gasteiger partial charge in [-0.25, -0.2) is 0 Å². The van der Waals surface area contributed by atoms with Crippen LogP contribution in [0.25, 0.3) is 0 Å². The predicted octanol–water partition coefficient (Wildman–Crippen LogP) is 7.72. The van der Waals surface area contributed by atoms with E-state index in [1.807, 2.05) is 24.3 Å². The Kier molecular flexibility index (Phi) is 16.3. The van der Waals surface area contributed by atoms with Crippen molar-refractivity contribution in [1.29, 1.82) is 0 Å². The average molecular weight is 551 g/mol. The molecule has 0 saturated carbocycles. The molecule has 3 N–H and O–H groups in total. The molecule has 1 aromatic rings. The second-order valence-electron chi connectivity index (χ2n) is 11.0. The minimum absolute atomic E-state index is 0.0547. The lowest BCUT2D eigenvalue weighted by Gasteiger charge is -2.28. The van der Waals surface area contributed by atoms with E-state index in [4.69, 9.17) is 4.74 Å². The Bertz CT molecular complexity index is 965. The largest absolute Gasteiger partial charge is 0.497 e. The zero-order valence-electron chi connectivity index (χ0n) is 25.7. The van der Waals surface area contributed by atoms with E-state index in [0.29, 0.717) is 31.5 Å². The number of amides is 1. The van der Waals surface area contributed by atoms with Crippen LogP contribution in [0.5, 0.6) is 0 Å². The normalized spacial score (nSPS) is 12.3. The smallest absolute Gasteiger partial charge is 0.229 e. The van der Waals surface area contributed by atoms with Crippen molar-refractivity contribution in [3.63, 3.8) is 0 Å². The van der Waals surface area contributed by atoms with E-state index in [9.17, 15) is 4.79 Å². The lowest BCUT2D eigenvalue weighted by atomic mass is 9.92. The number of hydrogen-bond acceptors (Lipinski definition) is 5. The van der Waals surface area contributed by atoms with Crippen molar-refractivity contribution in [2.24, 2.45) is 17.8 Å². The Labute approximate surface area is 244 Å². The molecule has 1 amide bonds.